The average Bonchev–Trinajstić information content (AvgIpc) is 3.28. The molecule has 2 heterocycles. The Balaban J connectivity index is 1.89. The summed E-state index contributed by atoms with van der Waals surface area (Å²) in [5.41, 5.74) is 1.27. The second kappa shape index (κ2) is 10.3. The molecular formula is C18H30F3N5S. The zero-order chi connectivity index (χ0) is 19.9. The minimum Gasteiger partial charge on any atom is -0.354 e. The van der Waals surface area contributed by atoms with E-state index in [1.54, 1.807) is 18.4 Å². The predicted molar refractivity (Wildman–Crippen MR) is 105 cm³/mol. The van der Waals surface area contributed by atoms with Gasteiger partial charge in [-0.15, -0.1) is 0 Å². The van der Waals surface area contributed by atoms with E-state index in [1.807, 2.05) is 0 Å². The van der Waals surface area contributed by atoms with Gasteiger partial charge in [0.1, 0.15) is 0 Å². The number of nitrogens with one attached hydrogen (secondary N) is 2. The van der Waals surface area contributed by atoms with Gasteiger partial charge < -0.3 is 10.6 Å². The van der Waals surface area contributed by atoms with Crippen LogP contribution in [0.5, 0.6) is 0 Å². The molecule has 9 heteroatoms. The standard InChI is InChI=1S/C18H30F3N5S/c1-4-26(5-2)16(14-7-9-27-12-14)10-23-17(22-3)24-15-6-8-25(11-15)13-18(19,20)21/h7,9,12,15-16H,4-6,8,10-11,13H2,1-3H3,(H2,22,23,24). The SMILES string of the molecule is CCN(CC)C(CNC(=NC)NC1CCN(CC(F)(F)F)C1)c1ccsc1. The average molecular weight is 406 g/mol. The van der Waals surface area contributed by atoms with Crippen molar-refractivity contribution in [1.29, 1.82) is 0 Å². The van der Waals surface area contributed by atoms with Crippen molar-refractivity contribution in [3.8, 4) is 0 Å². The Morgan fingerprint density at radius 1 is 1.41 bits per heavy atom. The van der Waals surface area contributed by atoms with Gasteiger partial charge in [-0.25, -0.2) is 0 Å². The molecule has 0 radical (unpaired) electrons. The summed E-state index contributed by atoms with van der Waals surface area (Å²) in [7, 11) is 1.69. The normalized spacial score (nSPS) is 20.3. The van der Waals surface area contributed by atoms with Gasteiger partial charge in [0.15, 0.2) is 5.96 Å². The van der Waals surface area contributed by atoms with Gasteiger partial charge >= 0.3 is 6.18 Å². The fraction of sp³-hybridized carbons (Fsp3) is 0.722. The number of hydrogen-bond donors (Lipinski definition) is 2. The second-order valence-electron chi connectivity index (χ2n) is 6.73. The quantitative estimate of drug-likeness (QED) is 0.516. The smallest absolute Gasteiger partial charge is 0.354 e. The molecule has 0 aromatic carbocycles. The van der Waals surface area contributed by atoms with Crippen molar-refractivity contribution < 1.29 is 13.2 Å². The molecule has 2 rings (SSSR count). The highest BCUT2D eigenvalue weighted by Crippen LogP contribution is 2.22. The van der Waals surface area contributed by atoms with E-state index in [2.05, 4.69) is 51.2 Å². The maximum atomic E-state index is 12.5. The van der Waals surface area contributed by atoms with E-state index in [4.69, 9.17) is 0 Å². The molecule has 0 spiro atoms. The molecule has 0 bridgehead atoms. The summed E-state index contributed by atoms with van der Waals surface area (Å²) in [6.07, 6.45) is -3.47. The number of likely N-dealkylation sites (tertiary alicyclic amines) is 1. The van der Waals surface area contributed by atoms with E-state index in [0.29, 0.717) is 32.0 Å². The lowest BCUT2D eigenvalue weighted by molar-refractivity contribution is -0.143. The van der Waals surface area contributed by atoms with Gasteiger partial charge in [0.25, 0.3) is 0 Å². The number of halogens is 3. The molecule has 1 aromatic rings. The van der Waals surface area contributed by atoms with E-state index in [9.17, 15) is 13.2 Å². The molecule has 1 fully saturated rings. The zero-order valence-corrected chi connectivity index (χ0v) is 17.0. The van der Waals surface area contributed by atoms with Gasteiger partial charge in [0, 0.05) is 32.7 Å². The van der Waals surface area contributed by atoms with Crippen LogP contribution >= 0.6 is 11.3 Å². The lowest BCUT2D eigenvalue weighted by atomic mass is 10.1. The van der Waals surface area contributed by atoms with Gasteiger partial charge in [0.2, 0.25) is 0 Å². The summed E-state index contributed by atoms with van der Waals surface area (Å²) in [6.45, 7) is 6.85. The van der Waals surface area contributed by atoms with Gasteiger partial charge in [-0.2, -0.15) is 24.5 Å². The van der Waals surface area contributed by atoms with Crippen molar-refractivity contribution in [2.24, 2.45) is 4.99 Å². The van der Waals surface area contributed by atoms with Gasteiger partial charge in [-0.05, 0) is 41.9 Å². The Morgan fingerprint density at radius 3 is 2.70 bits per heavy atom. The summed E-state index contributed by atoms with van der Waals surface area (Å²) >= 11 is 1.68. The summed E-state index contributed by atoms with van der Waals surface area (Å²) in [4.78, 5) is 8.07. The van der Waals surface area contributed by atoms with Crippen LogP contribution in [0.4, 0.5) is 13.2 Å². The first-order chi connectivity index (χ1) is 12.9. The monoisotopic (exact) mass is 405 g/mol. The number of hydrogen-bond acceptors (Lipinski definition) is 4. The maximum Gasteiger partial charge on any atom is 0.401 e. The number of thiophene rings is 1. The van der Waals surface area contributed by atoms with Crippen molar-refractivity contribution in [2.45, 2.75) is 38.5 Å². The number of aliphatic imine (C=N–C) groups is 1. The molecule has 2 N–H and O–H groups in total. The number of guanidine groups is 1. The predicted octanol–water partition coefficient (Wildman–Crippen LogP) is 2.93. The Bertz CT molecular complexity index is 572. The number of rotatable bonds is 8. The molecule has 27 heavy (non-hydrogen) atoms. The topological polar surface area (TPSA) is 42.9 Å². The van der Waals surface area contributed by atoms with Gasteiger partial charge in [-0.1, -0.05) is 13.8 Å². The lowest BCUT2D eigenvalue weighted by Gasteiger charge is -2.30. The van der Waals surface area contributed by atoms with Crippen LogP contribution in [0, 0.1) is 0 Å². The summed E-state index contributed by atoms with van der Waals surface area (Å²) in [5, 5.41) is 10.9. The van der Waals surface area contributed by atoms with Crippen LogP contribution in [0.3, 0.4) is 0 Å². The number of nitrogens with zero attached hydrogens (tertiary/aromatic N) is 3. The minimum absolute atomic E-state index is 0.0217. The molecular weight excluding hydrogens is 375 g/mol. The first kappa shape index (κ1) is 22.0. The molecule has 0 saturated carbocycles. The van der Waals surface area contributed by atoms with Gasteiger partial charge in [0.05, 0.1) is 12.6 Å². The Labute approximate surface area is 163 Å². The van der Waals surface area contributed by atoms with Crippen LogP contribution in [0.15, 0.2) is 21.8 Å². The molecule has 1 aliphatic rings. The third-order valence-corrected chi connectivity index (χ3v) is 5.59. The van der Waals surface area contributed by atoms with Crippen molar-refractivity contribution in [3.63, 3.8) is 0 Å². The van der Waals surface area contributed by atoms with E-state index < -0.39 is 12.7 Å². The van der Waals surface area contributed by atoms with E-state index in [-0.39, 0.29) is 12.1 Å². The molecule has 1 saturated heterocycles. The Hall–Kier alpha value is -1.32. The van der Waals surface area contributed by atoms with Crippen molar-refractivity contribution in [3.05, 3.63) is 22.4 Å². The first-order valence-electron chi connectivity index (χ1n) is 9.38. The molecule has 2 atom stereocenters. The largest absolute Gasteiger partial charge is 0.401 e. The Morgan fingerprint density at radius 2 is 2.15 bits per heavy atom. The van der Waals surface area contributed by atoms with Crippen molar-refractivity contribution >= 4 is 17.3 Å². The number of alkyl halides is 3. The molecule has 1 aliphatic heterocycles. The van der Waals surface area contributed by atoms with Crippen LogP contribution in [0.1, 0.15) is 31.9 Å². The molecule has 154 valence electrons. The van der Waals surface area contributed by atoms with Crippen LogP contribution in [0.25, 0.3) is 0 Å². The van der Waals surface area contributed by atoms with E-state index >= 15 is 0 Å². The minimum atomic E-state index is -4.15. The van der Waals surface area contributed by atoms with E-state index in [1.165, 1.54) is 10.5 Å². The van der Waals surface area contributed by atoms with E-state index in [0.717, 1.165) is 13.1 Å². The highest BCUT2D eigenvalue weighted by molar-refractivity contribution is 7.07. The number of likely N-dealkylation sites (N-methyl/N-ethyl adjacent to an activating group) is 1. The molecule has 1 aromatic heterocycles. The van der Waals surface area contributed by atoms with Gasteiger partial charge in [-0.3, -0.25) is 14.8 Å². The molecule has 5 nitrogen and oxygen atoms in total. The van der Waals surface area contributed by atoms with Crippen LogP contribution in [0.2, 0.25) is 0 Å². The third-order valence-electron chi connectivity index (χ3n) is 4.88. The third kappa shape index (κ3) is 6.97. The molecule has 2 unspecified atom stereocenters. The highest BCUT2D eigenvalue weighted by Gasteiger charge is 2.34. The van der Waals surface area contributed by atoms with Crippen LogP contribution in [-0.4, -0.2) is 74.3 Å². The summed E-state index contributed by atoms with van der Waals surface area (Å²) in [5.74, 6) is 0.640. The Kier molecular flexibility index (Phi) is 8.37. The highest BCUT2D eigenvalue weighted by atomic mass is 32.1. The summed E-state index contributed by atoms with van der Waals surface area (Å²) in [6, 6.07) is 2.35. The lowest BCUT2D eigenvalue weighted by Crippen LogP contribution is -2.47. The fourth-order valence-electron chi connectivity index (χ4n) is 3.52. The first-order valence-corrected chi connectivity index (χ1v) is 10.3. The zero-order valence-electron chi connectivity index (χ0n) is 16.2. The van der Waals surface area contributed by atoms with Crippen molar-refractivity contribution in [1.82, 2.24) is 20.4 Å². The molecule has 0 aliphatic carbocycles. The second-order valence-corrected chi connectivity index (χ2v) is 7.51. The maximum absolute atomic E-state index is 12.5. The molecule has 0 amide bonds. The van der Waals surface area contributed by atoms with Crippen LogP contribution in [-0.2, 0) is 0 Å². The summed E-state index contributed by atoms with van der Waals surface area (Å²) < 4.78 is 37.6. The fourth-order valence-corrected chi connectivity index (χ4v) is 4.22. The van der Waals surface area contributed by atoms with Crippen LogP contribution < -0.4 is 10.6 Å². The van der Waals surface area contributed by atoms with Crippen molar-refractivity contribution in [2.75, 3.05) is 46.3 Å².